The highest BCUT2D eigenvalue weighted by Gasteiger charge is 2.48. The molecular formula is C22H33FN2O2. The first kappa shape index (κ1) is 20.3. The summed E-state index contributed by atoms with van der Waals surface area (Å²) in [5.74, 6) is 0.936. The fraction of sp³-hybridized carbons (Fsp3) is 0.682. The van der Waals surface area contributed by atoms with Gasteiger partial charge in [-0.2, -0.15) is 0 Å². The number of nitrogens with zero attached hydrogens (tertiary/aromatic N) is 2. The lowest BCUT2D eigenvalue weighted by molar-refractivity contribution is -0.133. The molecule has 2 aliphatic rings. The average Bonchev–Trinajstić information content (AvgIpc) is 2.93. The van der Waals surface area contributed by atoms with Crippen molar-refractivity contribution in [2.24, 2.45) is 17.3 Å². The van der Waals surface area contributed by atoms with E-state index < -0.39 is 0 Å². The molecule has 27 heavy (non-hydrogen) atoms. The van der Waals surface area contributed by atoms with Crippen LogP contribution in [-0.4, -0.2) is 62.1 Å². The minimum Gasteiger partial charge on any atom is -0.384 e. The van der Waals surface area contributed by atoms with Gasteiger partial charge in [0.2, 0.25) is 5.91 Å². The van der Waals surface area contributed by atoms with E-state index in [-0.39, 0.29) is 23.6 Å². The van der Waals surface area contributed by atoms with Gasteiger partial charge in [-0.1, -0.05) is 32.0 Å². The number of methoxy groups -OCH3 is 1. The maximum atomic E-state index is 13.9. The van der Waals surface area contributed by atoms with Gasteiger partial charge < -0.3 is 14.5 Å². The van der Waals surface area contributed by atoms with Gasteiger partial charge in [0.1, 0.15) is 5.82 Å². The molecule has 1 unspecified atom stereocenters. The molecule has 150 valence electrons. The summed E-state index contributed by atoms with van der Waals surface area (Å²) in [4.78, 5) is 17.2. The summed E-state index contributed by atoms with van der Waals surface area (Å²) in [6, 6.07) is 6.57. The third-order valence-corrected chi connectivity index (χ3v) is 6.29. The zero-order chi connectivity index (χ0) is 19.4. The van der Waals surface area contributed by atoms with E-state index in [1.807, 2.05) is 4.90 Å². The number of carbonyl (C=O) groups is 1. The average molecular weight is 377 g/mol. The van der Waals surface area contributed by atoms with Crippen molar-refractivity contribution in [1.29, 1.82) is 0 Å². The number of hydrogen-bond donors (Lipinski definition) is 0. The Kier molecular flexibility index (Phi) is 6.53. The van der Waals surface area contributed by atoms with Crippen LogP contribution in [0, 0.1) is 23.1 Å². The molecule has 4 nitrogen and oxygen atoms in total. The first-order valence-electron chi connectivity index (χ1n) is 10.2. The summed E-state index contributed by atoms with van der Waals surface area (Å²) in [7, 11) is 1.78. The Hall–Kier alpha value is -1.46. The zero-order valence-electron chi connectivity index (χ0n) is 16.9. The Morgan fingerprint density at radius 3 is 2.63 bits per heavy atom. The van der Waals surface area contributed by atoms with E-state index in [0.717, 1.165) is 52.2 Å². The van der Waals surface area contributed by atoms with Crippen LogP contribution in [0.2, 0.25) is 0 Å². The third kappa shape index (κ3) is 4.69. The molecule has 2 saturated heterocycles. The number of piperidine rings is 1. The van der Waals surface area contributed by atoms with E-state index in [1.54, 1.807) is 25.3 Å². The van der Waals surface area contributed by atoms with Crippen LogP contribution in [-0.2, 0) is 16.0 Å². The molecule has 1 aromatic carbocycles. The highest BCUT2D eigenvalue weighted by Crippen LogP contribution is 2.45. The molecule has 1 amide bonds. The van der Waals surface area contributed by atoms with Crippen molar-refractivity contribution < 1.29 is 13.9 Å². The predicted molar refractivity (Wildman–Crippen MR) is 105 cm³/mol. The van der Waals surface area contributed by atoms with Gasteiger partial charge in [0, 0.05) is 45.8 Å². The van der Waals surface area contributed by atoms with Gasteiger partial charge in [0.15, 0.2) is 0 Å². The lowest BCUT2D eigenvalue weighted by atomic mass is 9.71. The monoisotopic (exact) mass is 376 g/mol. The van der Waals surface area contributed by atoms with E-state index >= 15 is 0 Å². The Morgan fingerprint density at radius 2 is 2.00 bits per heavy atom. The normalized spacial score (nSPS) is 22.7. The fourth-order valence-corrected chi connectivity index (χ4v) is 4.91. The van der Waals surface area contributed by atoms with Gasteiger partial charge in [0.05, 0.1) is 13.0 Å². The quantitative estimate of drug-likeness (QED) is 0.764. The van der Waals surface area contributed by atoms with Gasteiger partial charge in [-0.15, -0.1) is 0 Å². The molecule has 0 aromatic heterocycles. The van der Waals surface area contributed by atoms with Crippen molar-refractivity contribution in [3.8, 4) is 0 Å². The SMILES string of the molecule is COCC1CN(CC(C)C)CC12CCN(C(=O)Cc1ccccc1F)CC2. The molecular weight excluding hydrogens is 343 g/mol. The Morgan fingerprint density at radius 1 is 1.30 bits per heavy atom. The lowest BCUT2D eigenvalue weighted by Crippen LogP contribution is -2.47. The van der Waals surface area contributed by atoms with E-state index in [1.165, 1.54) is 6.07 Å². The number of ether oxygens (including phenoxy) is 1. The van der Waals surface area contributed by atoms with E-state index in [9.17, 15) is 9.18 Å². The van der Waals surface area contributed by atoms with Crippen LogP contribution in [0.1, 0.15) is 32.3 Å². The second kappa shape index (κ2) is 8.70. The van der Waals surface area contributed by atoms with Crippen molar-refractivity contribution in [1.82, 2.24) is 9.80 Å². The summed E-state index contributed by atoms with van der Waals surface area (Å²) in [5.41, 5.74) is 0.740. The maximum absolute atomic E-state index is 13.9. The summed E-state index contributed by atoms with van der Waals surface area (Å²) in [6.07, 6.45) is 2.18. The van der Waals surface area contributed by atoms with Gasteiger partial charge in [-0.25, -0.2) is 4.39 Å². The van der Waals surface area contributed by atoms with Crippen LogP contribution in [0.5, 0.6) is 0 Å². The van der Waals surface area contributed by atoms with Crippen LogP contribution in [0.3, 0.4) is 0 Å². The molecule has 2 heterocycles. The summed E-state index contributed by atoms with van der Waals surface area (Å²) < 4.78 is 19.4. The van der Waals surface area contributed by atoms with Crippen molar-refractivity contribution in [2.75, 3.05) is 46.4 Å². The van der Waals surface area contributed by atoms with Crippen LogP contribution in [0.25, 0.3) is 0 Å². The minimum absolute atomic E-state index is 0.0373. The molecule has 0 aliphatic carbocycles. The number of carbonyl (C=O) groups excluding carboxylic acids is 1. The molecule has 1 aromatic rings. The smallest absolute Gasteiger partial charge is 0.227 e. The topological polar surface area (TPSA) is 32.8 Å². The second-order valence-electron chi connectivity index (χ2n) is 8.75. The number of amides is 1. The van der Waals surface area contributed by atoms with Gasteiger partial charge in [-0.3, -0.25) is 4.79 Å². The number of halogens is 1. The van der Waals surface area contributed by atoms with Crippen molar-refractivity contribution in [3.05, 3.63) is 35.6 Å². The maximum Gasteiger partial charge on any atom is 0.227 e. The third-order valence-electron chi connectivity index (χ3n) is 6.29. The second-order valence-corrected chi connectivity index (χ2v) is 8.75. The first-order valence-corrected chi connectivity index (χ1v) is 10.2. The van der Waals surface area contributed by atoms with Crippen LogP contribution in [0.15, 0.2) is 24.3 Å². The highest BCUT2D eigenvalue weighted by molar-refractivity contribution is 5.79. The standard InChI is InChI=1S/C22H33FN2O2/c1-17(2)13-24-14-19(15-27-3)22(16-24)8-10-25(11-9-22)21(26)12-18-6-4-5-7-20(18)23/h4-7,17,19H,8-16H2,1-3H3. The van der Waals surface area contributed by atoms with Gasteiger partial charge >= 0.3 is 0 Å². The number of likely N-dealkylation sites (tertiary alicyclic amines) is 2. The zero-order valence-corrected chi connectivity index (χ0v) is 16.9. The van der Waals surface area contributed by atoms with E-state index in [4.69, 9.17) is 4.74 Å². The van der Waals surface area contributed by atoms with Crippen molar-refractivity contribution in [3.63, 3.8) is 0 Å². The summed E-state index contributed by atoms with van der Waals surface area (Å²) >= 11 is 0. The molecule has 5 heteroatoms. The fourth-order valence-electron chi connectivity index (χ4n) is 4.91. The van der Waals surface area contributed by atoms with Crippen LogP contribution >= 0.6 is 0 Å². The molecule has 0 radical (unpaired) electrons. The molecule has 0 saturated carbocycles. The Labute approximate surface area is 162 Å². The van der Waals surface area contributed by atoms with Crippen LogP contribution < -0.4 is 0 Å². The number of hydrogen-bond acceptors (Lipinski definition) is 3. The van der Waals surface area contributed by atoms with Gasteiger partial charge in [0.25, 0.3) is 0 Å². The largest absolute Gasteiger partial charge is 0.384 e. The van der Waals surface area contributed by atoms with E-state index in [2.05, 4.69) is 18.7 Å². The molecule has 2 aliphatic heterocycles. The molecule has 3 rings (SSSR count). The predicted octanol–water partition coefficient (Wildman–Crippen LogP) is 3.21. The minimum atomic E-state index is -0.292. The number of rotatable bonds is 6. The molecule has 0 bridgehead atoms. The molecule has 0 N–H and O–H groups in total. The Bertz CT molecular complexity index is 641. The summed E-state index contributed by atoms with van der Waals surface area (Å²) in [6.45, 7) is 10.2. The van der Waals surface area contributed by atoms with Crippen molar-refractivity contribution >= 4 is 5.91 Å². The molecule has 2 fully saturated rings. The molecule has 1 spiro atoms. The van der Waals surface area contributed by atoms with Crippen LogP contribution in [0.4, 0.5) is 4.39 Å². The van der Waals surface area contributed by atoms with Crippen molar-refractivity contribution in [2.45, 2.75) is 33.1 Å². The Balaban J connectivity index is 1.61. The van der Waals surface area contributed by atoms with Gasteiger partial charge in [-0.05, 0) is 35.8 Å². The highest BCUT2D eigenvalue weighted by atomic mass is 19.1. The number of benzene rings is 1. The first-order chi connectivity index (χ1) is 12.9. The lowest BCUT2D eigenvalue weighted by Gasteiger charge is -2.42. The van der Waals surface area contributed by atoms with E-state index in [0.29, 0.717) is 17.4 Å². The summed E-state index contributed by atoms with van der Waals surface area (Å²) in [5, 5.41) is 0. The molecule has 1 atom stereocenters.